The molecule has 9 heteroatoms. The van der Waals surface area contributed by atoms with E-state index in [9.17, 15) is 4.79 Å². The quantitative estimate of drug-likeness (QED) is 0.658. The van der Waals surface area contributed by atoms with Crippen molar-refractivity contribution in [3.05, 3.63) is 35.0 Å². The summed E-state index contributed by atoms with van der Waals surface area (Å²) in [6.45, 7) is 3.83. The lowest BCUT2D eigenvalue weighted by Crippen LogP contribution is -2.13. The summed E-state index contributed by atoms with van der Waals surface area (Å²) in [6, 6.07) is 7.17. The smallest absolute Gasteiger partial charge is 0.277 e. The van der Waals surface area contributed by atoms with Gasteiger partial charge in [-0.3, -0.25) is 4.79 Å². The predicted molar refractivity (Wildman–Crippen MR) is 97.2 cm³/mol. The summed E-state index contributed by atoms with van der Waals surface area (Å²) in [5.41, 5.74) is 1.53. The SMILES string of the molecule is COc1cccc(NC(=O)CSc2nnc(-c3sc(C)nc3C)o2)c1. The van der Waals surface area contributed by atoms with Crippen LogP contribution in [-0.2, 0) is 4.79 Å². The van der Waals surface area contributed by atoms with Crippen LogP contribution in [0.1, 0.15) is 10.7 Å². The Kier molecular flexibility index (Phi) is 5.34. The molecule has 0 unspecified atom stereocenters. The van der Waals surface area contributed by atoms with Gasteiger partial charge in [-0.1, -0.05) is 17.8 Å². The molecule has 0 aliphatic rings. The molecule has 0 saturated heterocycles. The van der Waals surface area contributed by atoms with Crippen LogP contribution in [0.5, 0.6) is 5.75 Å². The maximum atomic E-state index is 12.0. The van der Waals surface area contributed by atoms with Crippen LogP contribution in [0.3, 0.4) is 0 Å². The summed E-state index contributed by atoms with van der Waals surface area (Å²) in [4.78, 5) is 17.2. The second kappa shape index (κ2) is 7.66. The monoisotopic (exact) mass is 376 g/mol. The van der Waals surface area contributed by atoms with Crippen molar-refractivity contribution >= 4 is 34.7 Å². The van der Waals surface area contributed by atoms with Gasteiger partial charge in [-0.15, -0.1) is 21.5 Å². The molecule has 2 aromatic heterocycles. The molecule has 0 saturated carbocycles. The highest BCUT2D eigenvalue weighted by atomic mass is 32.2. The molecule has 25 heavy (non-hydrogen) atoms. The largest absolute Gasteiger partial charge is 0.497 e. The van der Waals surface area contributed by atoms with Crippen LogP contribution >= 0.6 is 23.1 Å². The molecule has 0 radical (unpaired) electrons. The number of methoxy groups -OCH3 is 1. The van der Waals surface area contributed by atoms with Gasteiger partial charge in [0, 0.05) is 11.8 Å². The first kappa shape index (κ1) is 17.4. The number of benzene rings is 1. The Morgan fingerprint density at radius 1 is 1.36 bits per heavy atom. The van der Waals surface area contributed by atoms with Crippen molar-refractivity contribution in [1.82, 2.24) is 15.2 Å². The number of carbonyl (C=O) groups is 1. The molecule has 1 aromatic carbocycles. The van der Waals surface area contributed by atoms with E-state index in [1.165, 1.54) is 23.1 Å². The summed E-state index contributed by atoms with van der Waals surface area (Å²) in [5, 5.41) is 12.1. The van der Waals surface area contributed by atoms with Crippen LogP contribution in [-0.4, -0.2) is 34.0 Å². The van der Waals surface area contributed by atoms with Crippen molar-refractivity contribution < 1.29 is 13.9 Å². The van der Waals surface area contributed by atoms with Crippen molar-refractivity contribution in [2.45, 2.75) is 19.1 Å². The third kappa shape index (κ3) is 4.37. The molecule has 130 valence electrons. The van der Waals surface area contributed by atoms with Gasteiger partial charge in [0.1, 0.15) is 10.6 Å². The van der Waals surface area contributed by atoms with Gasteiger partial charge >= 0.3 is 0 Å². The number of aromatic nitrogens is 3. The van der Waals surface area contributed by atoms with Crippen molar-refractivity contribution in [1.29, 1.82) is 0 Å². The minimum atomic E-state index is -0.164. The summed E-state index contributed by atoms with van der Waals surface area (Å²) in [7, 11) is 1.58. The van der Waals surface area contributed by atoms with Crippen LogP contribution in [0.2, 0.25) is 0 Å². The number of nitrogens with zero attached hydrogens (tertiary/aromatic N) is 3. The summed E-state index contributed by atoms with van der Waals surface area (Å²) < 4.78 is 10.7. The number of hydrogen-bond donors (Lipinski definition) is 1. The zero-order valence-electron chi connectivity index (χ0n) is 13.9. The van der Waals surface area contributed by atoms with Gasteiger partial charge in [0.15, 0.2) is 0 Å². The second-order valence-corrected chi connectivity index (χ2v) is 7.22. The van der Waals surface area contributed by atoms with Gasteiger partial charge in [-0.2, -0.15) is 0 Å². The number of anilines is 1. The first-order valence-corrected chi connectivity index (χ1v) is 9.20. The standard InChI is InChI=1S/C16H16N4O3S2/c1-9-14(25-10(2)17-9)15-19-20-16(23-15)24-8-13(21)18-11-5-4-6-12(7-11)22-3/h4-7H,8H2,1-3H3,(H,18,21). The number of thiazole rings is 1. The molecule has 3 aromatic rings. The highest BCUT2D eigenvalue weighted by molar-refractivity contribution is 7.99. The number of ether oxygens (including phenoxy) is 1. The van der Waals surface area contributed by atoms with Gasteiger partial charge in [-0.05, 0) is 26.0 Å². The Labute approximate surface area is 152 Å². The van der Waals surface area contributed by atoms with E-state index in [1.54, 1.807) is 19.2 Å². The minimum Gasteiger partial charge on any atom is -0.497 e. The molecular formula is C16H16N4O3S2. The maximum absolute atomic E-state index is 12.0. The number of aryl methyl sites for hydroxylation is 2. The molecule has 7 nitrogen and oxygen atoms in total. The first-order valence-electron chi connectivity index (χ1n) is 7.40. The number of rotatable bonds is 6. The molecular weight excluding hydrogens is 360 g/mol. The van der Waals surface area contributed by atoms with Crippen LogP contribution in [0.15, 0.2) is 33.9 Å². The van der Waals surface area contributed by atoms with Gasteiger partial charge in [-0.25, -0.2) is 4.98 Å². The van der Waals surface area contributed by atoms with Crippen molar-refractivity contribution in [3.8, 4) is 16.5 Å². The Bertz CT molecular complexity index is 891. The second-order valence-electron chi connectivity index (χ2n) is 5.09. The van der Waals surface area contributed by atoms with E-state index < -0.39 is 0 Å². The van der Waals surface area contributed by atoms with E-state index in [1.807, 2.05) is 26.0 Å². The average molecular weight is 376 g/mol. The maximum Gasteiger partial charge on any atom is 0.277 e. The topological polar surface area (TPSA) is 90.1 Å². The molecule has 0 fully saturated rings. The highest BCUT2D eigenvalue weighted by Crippen LogP contribution is 2.30. The third-order valence-corrected chi connectivity index (χ3v) is 5.06. The summed E-state index contributed by atoms with van der Waals surface area (Å²) in [5.74, 6) is 1.11. The van der Waals surface area contributed by atoms with Gasteiger partial charge in [0.2, 0.25) is 5.91 Å². The summed E-state index contributed by atoms with van der Waals surface area (Å²) >= 11 is 2.69. The minimum absolute atomic E-state index is 0.164. The molecule has 0 atom stereocenters. The molecule has 0 bridgehead atoms. The average Bonchev–Trinajstić information content (AvgIpc) is 3.19. The lowest BCUT2D eigenvalue weighted by atomic mass is 10.3. The fourth-order valence-corrected chi connectivity index (χ4v) is 3.52. The number of carbonyl (C=O) groups excluding carboxylic acids is 1. The molecule has 3 rings (SSSR count). The van der Waals surface area contributed by atoms with E-state index in [0.29, 0.717) is 22.6 Å². The predicted octanol–water partition coefficient (Wildman–Crippen LogP) is 3.55. The Balaban J connectivity index is 1.58. The van der Waals surface area contributed by atoms with E-state index in [2.05, 4.69) is 20.5 Å². The lowest BCUT2D eigenvalue weighted by molar-refractivity contribution is -0.113. The lowest BCUT2D eigenvalue weighted by Gasteiger charge is -2.05. The molecule has 0 aliphatic heterocycles. The van der Waals surface area contributed by atoms with E-state index in [4.69, 9.17) is 9.15 Å². The Morgan fingerprint density at radius 2 is 2.20 bits per heavy atom. The molecule has 2 heterocycles. The van der Waals surface area contributed by atoms with E-state index in [-0.39, 0.29) is 11.7 Å². The fraction of sp³-hybridized carbons (Fsp3) is 0.250. The normalized spacial score (nSPS) is 10.7. The molecule has 1 amide bonds. The number of hydrogen-bond acceptors (Lipinski definition) is 8. The van der Waals surface area contributed by atoms with Crippen molar-refractivity contribution in [2.75, 3.05) is 18.2 Å². The fourth-order valence-electron chi connectivity index (χ4n) is 2.11. The van der Waals surface area contributed by atoms with Crippen LogP contribution in [0.4, 0.5) is 5.69 Å². The van der Waals surface area contributed by atoms with Crippen LogP contribution in [0, 0.1) is 13.8 Å². The Hall–Kier alpha value is -2.39. The van der Waals surface area contributed by atoms with E-state index in [0.717, 1.165) is 15.6 Å². The van der Waals surface area contributed by atoms with Crippen LogP contribution in [0.25, 0.3) is 10.8 Å². The first-order chi connectivity index (χ1) is 12.0. The van der Waals surface area contributed by atoms with Crippen molar-refractivity contribution in [3.63, 3.8) is 0 Å². The number of amides is 1. The molecule has 1 N–H and O–H groups in total. The third-order valence-electron chi connectivity index (χ3n) is 3.18. The zero-order chi connectivity index (χ0) is 17.8. The van der Waals surface area contributed by atoms with Gasteiger partial charge in [0.05, 0.1) is 23.6 Å². The molecule has 0 spiro atoms. The van der Waals surface area contributed by atoms with Gasteiger partial charge in [0.25, 0.3) is 11.1 Å². The molecule has 0 aliphatic carbocycles. The summed E-state index contributed by atoms with van der Waals surface area (Å²) in [6.07, 6.45) is 0. The van der Waals surface area contributed by atoms with Crippen LogP contribution < -0.4 is 10.1 Å². The zero-order valence-corrected chi connectivity index (χ0v) is 15.5. The van der Waals surface area contributed by atoms with E-state index >= 15 is 0 Å². The van der Waals surface area contributed by atoms with Gasteiger partial charge < -0.3 is 14.5 Å². The van der Waals surface area contributed by atoms with Crippen molar-refractivity contribution in [2.24, 2.45) is 0 Å². The number of thioether (sulfide) groups is 1. The number of nitrogens with one attached hydrogen (secondary N) is 1. The Morgan fingerprint density at radius 3 is 2.92 bits per heavy atom. The highest BCUT2D eigenvalue weighted by Gasteiger charge is 2.16.